The largest absolute Gasteiger partial charge is 0.465 e. The zero-order valence-electron chi connectivity index (χ0n) is 9.39. The van der Waals surface area contributed by atoms with Gasteiger partial charge in [-0.05, 0) is 24.3 Å². The highest BCUT2D eigenvalue weighted by Gasteiger charge is 2.25. The summed E-state index contributed by atoms with van der Waals surface area (Å²) in [5.41, 5.74) is 0.488. The average Bonchev–Trinajstić information content (AvgIpc) is 2.98. The van der Waals surface area contributed by atoms with E-state index in [0.29, 0.717) is 17.2 Å². The van der Waals surface area contributed by atoms with E-state index >= 15 is 0 Å². The van der Waals surface area contributed by atoms with E-state index in [4.69, 9.17) is 4.74 Å². The van der Waals surface area contributed by atoms with E-state index in [-0.39, 0.29) is 5.91 Å². The van der Waals surface area contributed by atoms with Gasteiger partial charge in [0.2, 0.25) is 0 Å². The Labute approximate surface area is 103 Å². The van der Waals surface area contributed by atoms with Crippen LogP contribution in [-0.4, -0.2) is 31.7 Å². The van der Waals surface area contributed by atoms with Crippen molar-refractivity contribution in [3.63, 3.8) is 0 Å². The number of esters is 1. The summed E-state index contributed by atoms with van der Waals surface area (Å²) in [7, 11) is 1.31. The molecule has 1 fully saturated rings. The quantitative estimate of drug-likeness (QED) is 0.834. The molecule has 1 unspecified atom stereocenters. The van der Waals surface area contributed by atoms with Crippen molar-refractivity contribution in [2.24, 2.45) is 0 Å². The Hall–Kier alpha value is -1.40. The van der Waals surface area contributed by atoms with Gasteiger partial charge in [-0.3, -0.25) is 4.79 Å². The van der Waals surface area contributed by atoms with Gasteiger partial charge in [-0.25, -0.2) is 4.79 Å². The number of rotatable bonds is 3. The van der Waals surface area contributed by atoms with Crippen molar-refractivity contribution in [2.45, 2.75) is 18.9 Å². The lowest BCUT2D eigenvalue weighted by Gasteiger charge is -2.10. The van der Waals surface area contributed by atoms with Gasteiger partial charge < -0.3 is 14.8 Å². The summed E-state index contributed by atoms with van der Waals surface area (Å²) < 4.78 is 9.90. The minimum Gasteiger partial charge on any atom is -0.465 e. The number of anilines is 1. The summed E-state index contributed by atoms with van der Waals surface area (Å²) in [6, 6.07) is 1.68. The molecule has 1 amide bonds. The van der Waals surface area contributed by atoms with E-state index < -0.39 is 12.1 Å². The second-order valence-corrected chi connectivity index (χ2v) is 4.56. The summed E-state index contributed by atoms with van der Waals surface area (Å²) in [5.74, 6) is -0.645. The molecule has 0 bridgehead atoms. The number of carbonyl (C=O) groups is 2. The molecule has 1 aliphatic rings. The number of nitrogens with one attached hydrogen (secondary N) is 1. The lowest BCUT2D eigenvalue weighted by molar-refractivity contribution is -0.124. The Morgan fingerprint density at radius 2 is 2.41 bits per heavy atom. The predicted molar refractivity (Wildman–Crippen MR) is 63.3 cm³/mol. The molecule has 1 N–H and O–H groups in total. The molecular formula is C11H13NO4S. The van der Waals surface area contributed by atoms with Crippen LogP contribution in [0.15, 0.2) is 11.4 Å². The monoisotopic (exact) mass is 255 g/mol. The molecule has 0 aliphatic carbocycles. The normalized spacial score (nSPS) is 19.0. The molecule has 0 saturated carbocycles. The lowest BCUT2D eigenvalue weighted by atomic mass is 10.2. The highest BCUT2D eigenvalue weighted by molar-refractivity contribution is 7.12. The maximum atomic E-state index is 11.8. The maximum absolute atomic E-state index is 11.8. The Morgan fingerprint density at radius 3 is 3.06 bits per heavy atom. The van der Waals surface area contributed by atoms with Gasteiger partial charge >= 0.3 is 5.97 Å². The summed E-state index contributed by atoms with van der Waals surface area (Å²) in [5, 5.41) is 4.43. The third kappa shape index (κ3) is 2.65. The molecule has 1 saturated heterocycles. The van der Waals surface area contributed by atoms with Crippen LogP contribution >= 0.6 is 11.3 Å². The molecule has 1 aliphatic heterocycles. The van der Waals surface area contributed by atoms with E-state index in [9.17, 15) is 9.59 Å². The Morgan fingerprint density at radius 1 is 1.59 bits per heavy atom. The molecule has 1 aromatic heterocycles. The molecule has 17 heavy (non-hydrogen) atoms. The van der Waals surface area contributed by atoms with Crippen molar-refractivity contribution in [3.05, 3.63) is 16.3 Å². The number of hydrogen-bond acceptors (Lipinski definition) is 5. The fraction of sp³-hybridized carbons (Fsp3) is 0.455. The van der Waals surface area contributed by atoms with E-state index in [1.54, 1.807) is 11.4 Å². The van der Waals surface area contributed by atoms with Gasteiger partial charge in [0.25, 0.3) is 5.91 Å². The molecular weight excluding hydrogens is 242 g/mol. The van der Waals surface area contributed by atoms with Crippen LogP contribution in [0.3, 0.4) is 0 Å². The summed E-state index contributed by atoms with van der Waals surface area (Å²) in [6.45, 7) is 0.617. The highest BCUT2D eigenvalue weighted by atomic mass is 32.1. The summed E-state index contributed by atoms with van der Waals surface area (Å²) in [4.78, 5) is 23.6. The minimum atomic E-state index is -0.442. The molecule has 6 heteroatoms. The maximum Gasteiger partial charge on any atom is 0.350 e. The standard InChI is InChI=1S/C11H13NO4S/c1-15-11(14)9-7(4-6-17-9)12-10(13)8-3-2-5-16-8/h4,6,8H,2-3,5H2,1H3,(H,12,13). The van der Waals surface area contributed by atoms with Gasteiger partial charge in [0.1, 0.15) is 11.0 Å². The molecule has 0 spiro atoms. The Balaban J connectivity index is 2.05. The fourth-order valence-corrected chi connectivity index (χ4v) is 2.42. The van der Waals surface area contributed by atoms with Crippen LogP contribution in [0.1, 0.15) is 22.5 Å². The van der Waals surface area contributed by atoms with Crippen molar-refractivity contribution in [3.8, 4) is 0 Å². The van der Waals surface area contributed by atoms with Crippen LogP contribution in [0, 0.1) is 0 Å². The first-order valence-electron chi connectivity index (χ1n) is 5.30. The van der Waals surface area contributed by atoms with Crippen molar-refractivity contribution < 1.29 is 19.1 Å². The van der Waals surface area contributed by atoms with Gasteiger partial charge in [-0.2, -0.15) is 0 Å². The van der Waals surface area contributed by atoms with Gasteiger partial charge in [-0.15, -0.1) is 11.3 Å². The first-order chi connectivity index (χ1) is 8.22. The van der Waals surface area contributed by atoms with Gasteiger partial charge in [0, 0.05) is 6.61 Å². The molecule has 1 aromatic rings. The van der Waals surface area contributed by atoms with Gasteiger partial charge in [0.15, 0.2) is 0 Å². The first-order valence-corrected chi connectivity index (χ1v) is 6.18. The van der Waals surface area contributed by atoms with E-state index in [1.165, 1.54) is 18.4 Å². The van der Waals surface area contributed by atoms with E-state index in [1.807, 2.05) is 0 Å². The van der Waals surface area contributed by atoms with Crippen molar-refractivity contribution in [2.75, 3.05) is 19.0 Å². The van der Waals surface area contributed by atoms with Crippen LogP contribution < -0.4 is 5.32 Å². The van der Waals surface area contributed by atoms with Crippen LogP contribution in [0.4, 0.5) is 5.69 Å². The van der Waals surface area contributed by atoms with Crippen molar-refractivity contribution >= 4 is 28.9 Å². The number of carbonyl (C=O) groups excluding carboxylic acids is 2. The molecule has 5 nitrogen and oxygen atoms in total. The van der Waals surface area contributed by atoms with Gasteiger partial charge in [-0.1, -0.05) is 0 Å². The summed E-state index contributed by atoms with van der Waals surface area (Å²) >= 11 is 1.24. The molecule has 2 rings (SSSR count). The SMILES string of the molecule is COC(=O)c1sccc1NC(=O)C1CCCO1. The Bertz CT molecular complexity index is 423. The third-order valence-corrected chi connectivity index (χ3v) is 3.41. The molecule has 2 heterocycles. The van der Waals surface area contributed by atoms with Crippen LogP contribution in [0.25, 0.3) is 0 Å². The van der Waals surface area contributed by atoms with Crippen LogP contribution in [0.2, 0.25) is 0 Å². The number of ether oxygens (including phenoxy) is 2. The topological polar surface area (TPSA) is 64.6 Å². The van der Waals surface area contributed by atoms with E-state index in [0.717, 1.165) is 12.8 Å². The first kappa shape index (κ1) is 12.1. The average molecular weight is 255 g/mol. The number of amides is 1. The number of methoxy groups -OCH3 is 1. The zero-order valence-corrected chi connectivity index (χ0v) is 10.2. The second-order valence-electron chi connectivity index (χ2n) is 3.65. The predicted octanol–water partition coefficient (Wildman–Crippen LogP) is 1.65. The second kappa shape index (κ2) is 5.29. The van der Waals surface area contributed by atoms with Gasteiger partial charge in [0.05, 0.1) is 12.8 Å². The highest BCUT2D eigenvalue weighted by Crippen LogP contribution is 2.24. The zero-order chi connectivity index (χ0) is 12.3. The molecule has 92 valence electrons. The van der Waals surface area contributed by atoms with E-state index in [2.05, 4.69) is 10.1 Å². The minimum absolute atomic E-state index is 0.203. The fourth-order valence-electron chi connectivity index (χ4n) is 1.66. The molecule has 0 aromatic carbocycles. The smallest absolute Gasteiger partial charge is 0.350 e. The van der Waals surface area contributed by atoms with Crippen molar-refractivity contribution in [1.29, 1.82) is 0 Å². The summed E-state index contributed by atoms with van der Waals surface area (Å²) in [6.07, 6.45) is 1.22. The van der Waals surface area contributed by atoms with Crippen LogP contribution in [0.5, 0.6) is 0 Å². The number of hydrogen-bond donors (Lipinski definition) is 1. The number of thiophene rings is 1. The lowest BCUT2D eigenvalue weighted by Crippen LogP contribution is -2.27. The molecule has 0 radical (unpaired) electrons. The molecule has 1 atom stereocenters. The van der Waals surface area contributed by atoms with Crippen LogP contribution in [-0.2, 0) is 14.3 Å². The third-order valence-electron chi connectivity index (χ3n) is 2.52. The van der Waals surface area contributed by atoms with Crippen molar-refractivity contribution in [1.82, 2.24) is 0 Å². The Kier molecular flexibility index (Phi) is 3.75.